The van der Waals surface area contributed by atoms with E-state index < -0.39 is 17.2 Å². The molecule has 2 aliphatic rings. The number of nitrogens with two attached hydrogens (primary N) is 1. The molecule has 1 saturated heterocycles. The van der Waals surface area contributed by atoms with Crippen molar-refractivity contribution in [1.82, 2.24) is 4.57 Å². The lowest BCUT2D eigenvalue weighted by molar-refractivity contribution is 0.0695. The third-order valence-corrected chi connectivity index (χ3v) is 6.20. The van der Waals surface area contributed by atoms with Crippen LogP contribution >= 0.6 is 0 Å². The minimum absolute atomic E-state index is 0.0102. The number of anilines is 1. The number of carbonyl (C=O) groups is 1. The molecule has 0 radical (unpaired) electrons. The summed E-state index contributed by atoms with van der Waals surface area (Å²) in [5.74, 6) is -1.64. The molecule has 2 fully saturated rings. The SMILES string of the molecule is COc1c(N2CC[C@@H](N)C(C)(C)C2)c(F)cc2c(=O)c(C(=O)O)cn(C3CC3)c12. The highest BCUT2D eigenvalue weighted by Gasteiger charge is 2.37. The number of hydrogen-bond acceptors (Lipinski definition) is 5. The molecular weight excluding hydrogens is 377 g/mol. The van der Waals surface area contributed by atoms with Crippen LogP contribution < -0.4 is 20.8 Å². The minimum atomic E-state index is -1.32. The van der Waals surface area contributed by atoms with Crippen LogP contribution in [0.3, 0.4) is 0 Å². The minimum Gasteiger partial charge on any atom is -0.492 e. The summed E-state index contributed by atoms with van der Waals surface area (Å²) in [4.78, 5) is 26.3. The van der Waals surface area contributed by atoms with Crippen LogP contribution in [0, 0.1) is 11.2 Å². The van der Waals surface area contributed by atoms with Gasteiger partial charge in [0.15, 0.2) is 11.6 Å². The van der Waals surface area contributed by atoms with Crippen LogP contribution in [-0.2, 0) is 0 Å². The number of ether oxygens (including phenoxy) is 1. The zero-order chi connectivity index (χ0) is 21.1. The molecule has 4 rings (SSSR count). The third kappa shape index (κ3) is 3.15. The van der Waals surface area contributed by atoms with E-state index in [9.17, 15) is 14.7 Å². The first-order valence-electron chi connectivity index (χ1n) is 9.85. The summed E-state index contributed by atoms with van der Waals surface area (Å²) in [6.07, 6.45) is 3.82. The number of aromatic carboxylic acids is 1. The Bertz CT molecular complexity index is 1060. The lowest BCUT2D eigenvalue weighted by Crippen LogP contribution is -2.52. The highest BCUT2D eigenvalue weighted by molar-refractivity contribution is 5.97. The van der Waals surface area contributed by atoms with Gasteiger partial charge >= 0.3 is 5.97 Å². The number of benzene rings is 1. The molecule has 0 unspecified atom stereocenters. The fourth-order valence-electron chi connectivity index (χ4n) is 4.29. The lowest BCUT2D eigenvalue weighted by Gasteiger charge is -2.44. The van der Waals surface area contributed by atoms with Gasteiger partial charge in [-0.2, -0.15) is 0 Å². The van der Waals surface area contributed by atoms with Crippen molar-refractivity contribution in [3.05, 3.63) is 33.9 Å². The van der Waals surface area contributed by atoms with Crippen LogP contribution in [0.15, 0.2) is 17.1 Å². The second-order valence-electron chi connectivity index (χ2n) is 8.76. The molecular formula is C21H26FN3O4. The van der Waals surface area contributed by atoms with Gasteiger partial charge in [0.05, 0.1) is 18.0 Å². The maximum absolute atomic E-state index is 15.3. The van der Waals surface area contributed by atoms with Crippen LogP contribution in [0.2, 0.25) is 0 Å². The first-order valence-corrected chi connectivity index (χ1v) is 9.85. The van der Waals surface area contributed by atoms with Crippen LogP contribution in [0.4, 0.5) is 10.1 Å². The van der Waals surface area contributed by atoms with Gasteiger partial charge in [-0.25, -0.2) is 9.18 Å². The largest absolute Gasteiger partial charge is 0.492 e. The summed E-state index contributed by atoms with van der Waals surface area (Å²) in [6, 6.07) is 1.24. The molecule has 0 spiro atoms. The zero-order valence-electron chi connectivity index (χ0n) is 16.9. The van der Waals surface area contributed by atoms with Crippen LogP contribution in [-0.4, -0.2) is 41.9 Å². The Morgan fingerprint density at radius 1 is 1.34 bits per heavy atom. The number of carboxylic acids is 1. The number of carboxylic acid groups (broad SMARTS) is 1. The fourth-order valence-corrected chi connectivity index (χ4v) is 4.29. The number of aromatic nitrogens is 1. The van der Waals surface area contributed by atoms with Crippen molar-refractivity contribution >= 4 is 22.6 Å². The summed E-state index contributed by atoms with van der Waals surface area (Å²) < 4.78 is 22.7. The van der Waals surface area contributed by atoms with Gasteiger partial charge in [0.25, 0.3) is 0 Å². The molecule has 8 heteroatoms. The predicted molar refractivity (Wildman–Crippen MR) is 109 cm³/mol. The molecule has 0 bridgehead atoms. The van der Waals surface area contributed by atoms with Gasteiger partial charge in [-0.3, -0.25) is 4.79 Å². The number of nitrogens with zero attached hydrogens (tertiary/aromatic N) is 2. The topological polar surface area (TPSA) is 97.8 Å². The summed E-state index contributed by atoms with van der Waals surface area (Å²) in [5, 5.41) is 9.46. The van der Waals surface area contributed by atoms with Gasteiger partial charge in [-0.15, -0.1) is 0 Å². The second kappa shape index (κ2) is 6.73. The third-order valence-electron chi connectivity index (χ3n) is 6.20. The van der Waals surface area contributed by atoms with E-state index in [1.165, 1.54) is 13.3 Å². The van der Waals surface area contributed by atoms with Crippen molar-refractivity contribution in [3.8, 4) is 5.75 Å². The van der Waals surface area contributed by atoms with Crippen molar-refractivity contribution < 1.29 is 19.0 Å². The van der Waals surface area contributed by atoms with E-state index in [1.54, 1.807) is 4.57 Å². The molecule has 1 aromatic carbocycles. The van der Waals surface area contributed by atoms with E-state index >= 15 is 4.39 Å². The van der Waals surface area contributed by atoms with E-state index in [-0.39, 0.29) is 34.2 Å². The normalized spacial score (nSPS) is 21.4. The molecule has 0 amide bonds. The van der Waals surface area contributed by atoms with E-state index in [0.29, 0.717) is 30.7 Å². The monoisotopic (exact) mass is 403 g/mol. The first-order chi connectivity index (χ1) is 13.7. The number of fused-ring (bicyclic) bond motifs is 1. The van der Waals surface area contributed by atoms with Gasteiger partial charge < -0.3 is 25.0 Å². The Labute approximate surface area is 167 Å². The van der Waals surface area contributed by atoms with Gasteiger partial charge in [0.1, 0.15) is 11.3 Å². The Balaban J connectivity index is 1.99. The molecule has 1 atom stereocenters. The van der Waals surface area contributed by atoms with Gasteiger partial charge in [-0.1, -0.05) is 13.8 Å². The second-order valence-corrected chi connectivity index (χ2v) is 8.76. The average molecular weight is 403 g/mol. The zero-order valence-corrected chi connectivity index (χ0v) is 16.9. The molecule has 29 heavy (non-hydrogen) atoms. The Hall–Kier alpha value is -2.61. The Morgan fingerprint density at radius 2 is 2.03 bits per heavy atom. The molecule has 1 aliphatic carbocycles. The fraction of sp³-hybridized carbons (Fsp3) is 0.524. The number of rotatable bonds is 4. The van der Waals surface area contributed by atoms with Crippen molar-refractivity contribution in [2.75, 3.05) is 25.1 Å². The molecule has 3 N–H and O–H groups in total. The lowest BCUT2D eigenvalue weighted by atomic mass is 9.79. The first kappa shape index (κ1) is 19.7. The highest BCUT2D eigenvalue weighted by Crippen LogP contribution is 2.45. The van der Waals surface area contributed by atoms with Crippen LogP contribution in [0.25, 0.3) is 10.9 Å². The molecule has 1 aliphatic heterocycles. The van der Waals surface area contributed by atoms with Crippen molar-refractivity contribution in [3.63, 3.8) is 0 Å². The molecule has 2 heterocycles. The van der Waals surface area contributed by atoms with E-state index in [4.69, 9.17) is 10.5 Å². The Kier molecular flexibility index (Phi) is 4.57. The number of hydrogen-bond donors (Lipinski definition) is 2. The Morgan fingerprint density at radius 3 is 2.59 bits per heavy atom. The van der Waals surface area contributed by atoms with Crippen molar-refractivity contribution in [2.24, 2.45) is 11.1 Å². The summed E-state index contributed by atoms with van der Waals surface area (Å²) in [7, 11) is 1.45. The van der Waals surface area contributed by atoms with Crippen LogP contribution in [0.5, 0.6) is 5.75 Å². The summed E-state index contributed by atoms with van der Waals surface area (Å²) in [5.41, 5.74) is 5.72. The van der Waals surface area contributed by atoms with Crippen LogP contribution in [0.1, 0.15) is 49.5 Å². The predicted octanol–water partition coefficient (Wildman–Crippen LogP) is 2.75. The average Bonchev–Trinajstić information content (AvgIpc) is 3.48. The number of pyridine rings is 1. The molecule has 1 saturated carbocycles. The summed E-state index contributed by atoms with van der Waals surface area (Å²) in [6.45, 7) is 5.22. The standard InChI is InChI=1S/C21H26FN3O4/c1-21(2)10-24(7-6-15(21)23)17-14(22)8-12-16(19(17)29-3)25(11-4-5-11)9-13(18(12)26)20(27)28/h8-9,11,15H,4-7,10,23H2,1-3H3,(H,27,28)/t15-/m1/s1. The van der Waals surface area contributed by atoms with E-state index in [2.05, 4.69) is 13.8 Å². The molecule has 2 aromatic rings. The quantitative estimate of drug-likeness (QED) is 0.815. The van der Waals surface area contributed by atoms with Crippen molar-refractivity contribution in [2.45, 2.75) is 45.2 Å². The molecule has 1 aromatic heterocycles. The van der Waals surface area contributed by atoms with E-state index in [1.807, 2.05) is 4.90 Å². The highest BCUT2D eigenvalue weighted by atomic mass is 19.1. The number of halogens is 1. The number of piperidine rings is 1. The number of methoxy groups -OCH3 is 1. The van der Waals surface area contributed by atoms with Gasteiger partial charge in [0.2, 0.25) is 5.43 Å². The molecule has 7 nitrogen and oxygen atoms in total. The maximum atomic E-state index is 15.3. The van der Waals surface area contributed by atoms with Gasteiger partial charge in [-0.05, 0) is 30.7 Å². The molecule has 156 valence electrons. The van der Waals surface area contributed by atoms with E-state index in [0.717, 1.165) is 18.9 Å². The smallest absolute Gasteiger partial charge is 0.341 e. The maximum Gasteiger partial charge on any atom is 0.341 e. The van der Waals surface area contributed by atoms with Crippen molar-refractivity contribution in [1.29, 1.82) is 0 Å². The summed E-state index contributed by atoms with van der Waals surface area (Å²) >= 11 is 0. The van der Waals surface area contributed by atoms with Gasteiger partial charge in [0, 0.05) is 31.4 Å².